The van der Waals surface area contributed by atoms with Crippen molar-refractivity contribution in [2.24, 2.45) is 0 Å². The minimum absolute atomic E-state index is 0.131. The van der Waals surface area contributed by atoms with E-state index in [0.29, 0.717) is 37.1 Å². The summed E-state index contributed by atoms with van der Waals surface area (Å²) in [6, 6.07) is 1.66. The highest BCUT2D eigenvalue weighted by atomic mass is 19.1. The van der Waals surface area contributed by atoms with E-state index in [0.717, 1.165) is 12.5 Å². The molecule has 7 heteroatoms. The second-order valence-electron chi connectivity index (χ2n) is 5.89. The first-order valence-electron chi connectivity index (χ1n) is 7.63. The summed E-state index contributed by atoms with van der Waals surface area (Å²) >= 11 is 0. The van der Waals surface area contributed by atoms with Gasteiger partial charge in [-0.15, -0.1) is 0 Å². The van der Waals surface area contributed by atoms with Gasteiger partial charge in [0.2, 0.25) is 5.91 Å². The molecule has 2 amide bonds. The number of anilines is 1. The van der Waals surface area contributed by atoms with Crippen LogP contribution in [0.4, 0.5) is 10.1 Å². The van der Waals surface area contributed by atoms with Crippen LogP contribution in [0.1, 0.15) is 41.6 Å². The van der Waals surface area contributed by atoms with Crippen LogP contribution in [-0.2, 0) is 16.0 Å². The third kappa shape index (κ3) is 2.91. The van der Waals surface area contributed by atoms with Crippen LogP contribution >= 0.6 is 0 Å². The zero-order chi connectivity index (χ0) is 16.6. The number of hydrogen-bond donors (Lipinski definition) is 2. The molecule has 2 aliphatic heterocycles. The van der Waals surface area contributed by atoms with E-state index in [9.17, 15) is 23.9 Å². The fourth-order valence-corrected chi connectivity index (χ4v) is 3.15. The lowest BCUT2D eigenvalue weighted by Gasteiger charge is -2.33. The van der Waals surface area contributed by atoms with Gasteiger partial charge in [-0.3, -0.25) is 9.59 Å². The van der Waals surface area contributed by atoms with Crippen molar-refractivity contribution in [3.8, 4) is 0 Å². The number of nitrogens with one attached hydrogen (secondary N) is 1. The van der Waals surface area contributed by atoms with Crippen LogP contribution in [0.3, 0.4) is 0 Å². The zero-order valence-electron chi connectivity index (χ0n) is 12.5. The highest BCUT2D eigenvalue weighted by molar-refractivity contribution is 5.99. The maximum absolute atomic E-state index is 14.3. The highest BCUT2D eigenvalue weighted by Gasteiger charge is 2.34. The molecule has 0 radical (unpaired) electrons. The monoisotopic (exact) mass is 320 g/mol. The number of benzene rings is 1. The molecule has 1 unspecified atom stereocenters. The van der Waals surface area contributed by atoms with Crippen LogP contribution in [0.5, 0.6) is 0 Å². The average molecular weight is 320 g/mol. The molecule has 1 saturated heterocycles. The zero-order valence-corrected chi connectivity index (χ0v) is 12.5. The Hall–Kier alpha value is -2.44. The van der Waals surface area contributed by atoms with Gasteiger partial charge in [0.05, 0.1) is 5.56 Å². The Labute approximate surface area is 132 Å². The number of carboxylic acid groups (broad SMARTS) is 1. The van der Waals surface area contributed by atoms with Gasteiger partial charge >= 0.3 is 5.97 Å². The van der Waals surface area contributed by atoms with Crippen molar-refractivity contribution >= 4 is 23.5 Å². The fraction of sp³-hybridized carbons (Fsp3) is 0.438. The molecule has 0 aliphatic carbocycles. The summed E-state index contributed by atoms with van der Waals surface area (Å²) in [5.74, 6) is -2.60. The lowest BCUT2D eigenvalue weighted by Crippen LogP contribution is -2.48. The van der Waals surface area contributed by atoms with Gasteiger partial charge < -0.3 is 15.3 Å². The summed E-state index contributed by atoms with van der Waals surface area (Å²) in [4.78, 5) is 36.5. The number of hydrogen-bond acceptors (Lipinski definition) is 3. The minimum Gasteiger partial charge on any atom is -0.480 e. The number of amides is 2. The minimum atomic E-state index is -1.07. The van der Waals surface area contributed by atoms with E-state index in [1.165, 1.54) is 11.0 Å². The molecule has 2 aliphatic rings. The number of rotatable bonds is 2. The molecular weight excluding hydrogens is 303 g/mol. The van der Waals surface area contributed by atoms with Crippen LogP contribution in [0.25, 0.3) is 0 Å². The van der Waals surface area contributed by atoms with Gasteiger partial charge in [-0.2, -0.15) is 0 Å². The fourth-order valence-electron chi connectivity index (χ4n) is 3.15. The highest BCUT2D eigenvalue weighted by Crippen LogP contribution is 2.28. The molecule has 2 N–H and O–H groups in total. The summed E-state index contributed by atoms with van der Waals surface area (Å²) in [5, 5.41) is 11.8. The number of carbonyl (C=O) groups excluding carboxylic acids is 2. The molecule has 0 saturated carbocycles. The molecule has 0 aromatic heterocycles. The van der Waals surface area contributed by atoms with E-state index in [1.54, 1.807) is 0 Å². The predicted molar refractivity (Wildman–Crippen MR) is 79.7 cm³/mol. The molecule has 1 fully saturated rings. The third-order valence-electron chi connectivity index (χ3n) is 4.37. The van der Waals surface area contributed by atoms with Crippen LogP contribution in [-0.4, -0.2) is 40.4 Å². The van der Waals surface area contributed by atoms with E-state index >= 15 is 0 Å². The molecule has 23 heavy (non-hydrogen) atoms. The average Bonchev–Trinajstić information content (AvgIpc) is 2.53. The van der Waals surface area contributed by atoms with Gasteiger partial charge in [0.15, 0.2) is 0 Å². The van der Waals surface area contributed by atoms with Crippen LogP contribution in [0.15, 0.2) is 12.1 Å². The largest absolute Gasteiger partial charge is 0.480 e. The first-order chi connectivity index (χ1) is 11.0. The number of piperidine rings is 1. The predicted octanol–water partition coefficient (Wildman–Crippen LogP) is 1.79. The van der Waals surface area contributed by atoms with Gasteiger partial charge in [0.25, 0.3) is 5.91 Å². The Morgan fingerprint density at radius 2 is 2.04 bits per heavy atom. The summed E-state index contributed by atoms with van der Waals surface area (Å²) in [7, 11) is 0. The number of likely N-dealkylation sites (tertiary alicyclic amines) is 1. The number of halogens is 1. The SMILES string of the molecule is O=C1CCc2cc(C(=O)N3CCCCC3C(=O)O)c(F)cc2N1. The third-order valence-corrected chi connectivity index (χ3v) is 4.37. The second-order valence-corrected chi connectivity index (χ2v) is 5.89. The summed E-state index contributed by atoms with van der Waals surface area (Å²) < 4.78 is 14.3. The van der Waals surface area contributed by atoms with Crippen molar-refractivity contribution in [1.29, 1.82) is 0 Å². The van der Waals surface area contributed by atoms with Gasteiger partial charge in [0, 0.05) is 18.7 Å². The molecule has 6 nitrogen and oxygen atoms in total. The normalized spacial score (nSPS) is 20.7. The van der Waals surface area contributed by atoms with Crippen molar-refractivity contribution in [1.82, 2.24) is 4.90 Å². The summed E-state index contributed by atoms with van der Waals surface area (Å²) in [6.45, 7) is 0.309. The van der Waals surface area contributed by atoms with Crippen molar-refractivity contribution < 1.29 is 23.9 Å². The molecule has 2 heterocycles. The van der Waals surface area contributed by atoms with Crippen LogP contribution in [0.2, 0.25) is 0 Å². The Morgan fingerprint density at radius 3 is 2.78 bits per heavy atom. The second kappa shape index (κ2) is 5.98. The van der Waals surface area contributed by atoms with Crippen LogP contribution in [0, 0.1) is 5.82 Å². The Bertz CT molecular complexity index is 689. The van der Waals surface area contributed by atoms with Crippen molar-refractivity contribution in [2.45, 2.75) is 38.1 Å². The van der Waals surface area contributed by atoms with Gasteiger partial charge in [0.1, 0.15) is 11.9 Å². The number of aliphatic carboxylic acids is 1. The van der Waals surface area contributed by atoms with Gasteiger partial charge in [-0.05, 0) is 43.4 Å². The Balaban J connectivity index is 1.93. The molecule has 122 valence electrons. The van der Waals surface area contributed by atoms with E-state index in [1.807, 2.05) is 0 Å². The van der Waals surface area contributed by atoms with E-state index in [4.69, 9.17) is 0 Å². The van der Waals surface area contributed by atoms with E-state index < -0.39 is 23.7 Å². The van der Waals surface area contributed by atoms with Crippen molar-refractivity contribution in [2.75, 3.05) is 11.9 Å². The molecule has 0 spiro atoms. The standard InChI is InChI=1S/C16H17FN2O4/c17-11-8-12-9(4-5-14(20)18-12)7-10(11)15(21)19-6-2-1-3-13(19)16(22)23/h7-8,13H,1-6H2,(H,18,20)(H,22,23). The van der Waals surface area contributed by atoms with Gasteiger partial charge in [-0.1, -0.05) is 0 Å². The van der Waals surface area contributed by atoms with E-state index in [-0.39, 0.29) is 17.9 Å². The first kappa shape index (κ1) is 15.5. The molecule has 1 aromatic carbocycles. The van der Waals surface area contributed by atoms with Crippen molar-refractivity contribution in [3.05, 3.63) is 29.1 Å². The molecule has 1 atom stereocenters. The van der Waals surface area contributed by atoms with E-state index in [2.05, 4.69) is 5.32 Å². The van der Waals surface area contributed by atoms with Crippen LogP contribution < -0.4 is 5.32 Å². The summed E-state index contributed by atoms with van der Waals surface area (Å²) in [5.41, 5.74) is 0.940. The molecule has 0 bridgehead atoms. The first-order valence-corrected chi connectivity index (χ1v) is 7.63. The molecular formula is C16H17FN2O4. The summed E-state index contributed by atoms with van der Waals surface area (Å²) in [6.07, 6.45) is 2.54. The lowest BCUT2D eigenvalue weighted by molar-refractivity contribution is -0.143. The molecule has 1 aromatic rings. The number of nitrogens with zero attached hydrogens (tertiary/aromatic N) is 1. The maximum Gasteiger partial charge on any atom is 0.326 e. The number of carbonyl (C=O) groups is 3. The number of carboxylic acids is 1. The lowest BCUT2D eigenvalue weighted by atomic mass is 9.97. The Kier molecular flexibility index (Phi) is 4.02. The maximum atomic E-state index is 14.3. The molecule has 3 rings (SSSR count). The number of fused-ring (bicyclic) bond motifs is 1. The topological polar surface area (TPSA) is 86.7 Å². The smallest absolute Gasteiger partial charge is 0.326 e. The quantitative estimate of drug-likeness (QED) is 0.870. The Morgan fingerprint density at radius 1 is 1.26 bits per heavy atom. The number of aryl methyl sites for hydroxylation is 1. The van der Waals surface area contributed by atoms with Crippen molar-refractivity contribution in [3.63, 3.8) is 0 Å². The van der Waals surface area contributed by atoms with Gasteiger partial charge in [-0.25, -0.2) is 9.18 Å².